The van der Waals surface area contributed by atoms with E-state index in [1.54, 1.807) is 5.57 Å². The number of ether oxygens (including phenoxy) is 1. The topological polar surface area (TPSA) is 26.3 Å². The molecule has 170 valence electrons. The second-order valence-electron chi connectivity index (χ2n) is 12.4. The third-order valence-electron chi connectivity index (χ3n) is 10.5. The van der Waals surface area contributed by atoms with Gasteiger partial charge in [0.25, 0.3) is 6.47 Å². The highest BCUT2D eigenvalue weighted by atomic mass is 16.5. The molecule has 0 saturated heterocycles. The summed E-state index contributed by atoms with van der Waals surface area (Å²) in [6.45, 7) is 13.2. The molecule has 4 rings (SSSR count). The van der Waals surface area contributed by atoms with Gasteiger partial charge in [0.1, 0.15) is 6.10 Å². The fraction of sp³-hybridized carbons (Fsp3) is 0.893. The van der Waals surface area contributed by atoms with Crippen LogP contribution in [0.1, 0.15) is 105 Å². The van der Waals surface area contributed by atoms with Gasteiger partial charge in [-0.25, -0.2) is 0 Å². The highest BCUT2D eigenvalue weighted by Crippen LogP contribution is 2.67. The van der Waals surface area contributed by atoms with Crippen LogP contribution in [0.25, 0.3) is 0 Å². The Balaban J connectivity index is 1.47. The van der Waals surface area contributed by atoms with Crippen LogP contribution >= 0.6 is 0 Å². The van der Waals surface area contributed by atoms with Crippen molar-refractivity contribution < 1.29 is 9.53 Å². The van der Waals surface area contributed by atoms with E-state index in [4.69, 9.17) is 4.74 Å². The minimum absolute atomic E-state index is 0.120. The average molecular weight is 415 g/mol. The van der Waals surface area contributed by atoms with E-state index in [9.17, 15) is 4.79 Å². The van der Waals surface area contributed by atoms with Crippen molar-refractivity contribution in [1.82, 2.24) is 0 Å². The van der Waals surface area contributed by atoms with Crippen molar-refractivity contribution in [3.63, 3.8) is 0 Å². The van der Waals surface area contributed by atoms with E-state index in [0.717, 1.165) is 48.3 Å². The van der Waals surface area contributed by atoms with Crippen LogP contribution in [-0.4, -0.2) is 12.6 Å². The Bertz CT molecular complexity index is 651. The summed E-state index contributed by atoms with van der Waals surface area (Å²) < 4.78 is 5.36. The molecular weight excluding hydrogens is 368 g/mol. The molecule has 2 heteroatoms. The number of rotatable bonds is 7. The molecule has 4 aliphatic rings. The standard InChI is InChI=1S/C28H46O2/c1-19(2)7-6-8-20(3)24-11-12-25-23-10-9-21-17-22(30-18-29)13-15-27(21,4)26(23)14-16-28(24,25)5/h9,18-20,22-26H,6-8,10-17H2,1-5H3/t20-,22-,23-,24-,25+,26+,27-,28+/m0/s1. The molecule has 0 aromatic carbocycles. The first kappa shape index (κ1) is 22.4. The maximum atomic E-state index is 10.8. The van der Waals surface area contributed by atoms with Gasteiger partial charge in [-0.15, -0.1) is 0 Å². The largest absolute Gasteiger partial charge is 0.464 e. The molecule has 3 saturated carbocycles. The molecule has 3 fully saturated rings. The summed E-state index contributed by atoms with van der Waals surface area (Å²) in [5, 5.41) is 0. The molecule has 0 radical (unpaired) electrons. The molecule has 0 aromatic rings. The quantitative estimate of drug-likeness (QED) is 0.317. The molecule has 8 atom stereocenters. The van der Waals surface area contributed by atoms with E-state index >= 15 is 0 Å². The monoisotopic (exact) mass is 414 g/mol. The zero-order chi connectivity index (χ0) is 21.5. The van der Waals surface area contributed by atoms with Crippen LogP contribution in [-0.2, 0) is 9.53 Å². The van der Waals surface area contributed by atoms with Crippen molar-refractivity contribution in [1.29, 1.82) is 0 Å². The summed E-state index contributed by atoms with van der Waals surface area (Å²) in [5.41, 5.74) is 2.54. The maximum absolute atomic E-state index is 10.8. The molecule has 0 aliphatic heterocycles. The number of fused-ring (bicyclic) bond motifs is 5. The third kappa shape index (κ3) is 3.79. The normalized spacial score (nSPS) is 43.9. The fourth-order valence-electron chi connectivity index (χ4n) is 8.85. The average Bonchev–Trinajstić information content (AvgIpc) is 3.05. The molecule has 0 amide bonds. The molecule has 4 aliphatic carbocycles. The van der Waals surface area contributed by atoms with E-state index in [1.807, 2.05) is 0 Å². The number of carbonyl (C=O) groups excluding carboxylic acids is 1. The lowest BCUT2D eigenvalue weighted by Crippen LogP contribution is -2.51. The molecule has 0 unspecified atom stereocenters. The van der Waals surface area contributed by atoms with Gasteiger partial charge < -0.3 is 4.74 Å². The van der Waals surface area contributed by atoms with Gasteiger partial charge in [-0.05, 0) is 91.3 Å². The highest BCUT2D eigenvalue weighted by molar-refractivity contribution is 5.38. The van der Waals surface area contributed by atoms with Gasteiger partial charge in [-0.2, -0.15) is 0 Å². The lowest BCUT2D eigenvalue weighted by molar-refractivity contribution is -0.136. The van der Waals surface area contributed by atoms with Crippen LogP contribution in [0, 0.1) is 46.3 Å². The molecule has 0 aromatic heterocycles. The predicted octanol–water partition coefficient (Wildman–Crippen LogP) is 7.57. The van der Waals surface area contributed by atoms with Crippen LogP contribution in [0.2, 0.25) is 0 Å². The van der Waals surface area contributed by atoms with Gasteiger partial charge in [0.15, 0.2) is 0 Å². The first-order valence-electron chi connectivity index (χ1n) is 13.1. The zero-order valence-corrected chi connectivity index (χ0v) is 20.3. The van der Waals surface area contributed by atoms with Crippen LogP contribution in [0.5, 0.6) is 0 Å². The van der Waals surface area contributed by atoms with E-state index in [0.29, 0.717) is 17.3 Å². The Labute approximate surface area is 185 Å². The predicted molar refractivity (Wildman–Crippen MR) is 124 cm³/mol. The lowest BCUT2D eigenvalue weighted by atomic mass is 9.47. The molecule has 0 heterocycles. The number of carbonyl (C=O) groups is 1. The zero-order valence-electron chi connectivity index (χ0n) is 20.3. The first-order chi connectivity index (χ1) is 14.3. The summed E-state index contributed by atoms with van der Waals surface area (Å²) in [6, 6.07) is 0. The molecule has 0 bridgehead atoms. The van der Waals surface area contributed by atoms with Crippen LogP contribution in [0.4, 0.5) is 0 Å². The summed E-state index contributed by atoms with van der Waals surface area (Å²) in [5.74, 6) is 5.32. The number of allylic oxidation sites excluding steroid dienone is 1. The molecule has 0 spiro atoms. The number of hydrogen-bond donors (Lipinski definition) is 0. The molecule has 0 N–H and O–H groups in total. The van der Waals surface area contributed by atoms with Gasteiger partial charge in [0, 0.05) is 6.42 Å². The summed E-state index contributed by atoms with van der Waals surface area (Å²) in [7, 11) is 0. The second-order valence-corrected chi connectivity index (χ2v) is 12.4. The Morgan fingerprint density at radius 3 is 2.60 bits per heavy atom. The lowest BCUT2D eigenvalue weighted by Gasteiger charge is -2.58. The molecular formula is C28H46O2. The summed E-state index contributed by atoms with van der Waals surface area (Å²) in [4.78, 5) is 10.8. The van der Waals surface area contributed by atoms with Gasteiger partial charge in [0.05, 0.1) is 0 Å². The van der Waals surface area contributed by atoms with Gasteiger partial charge in [-0.3, -0.25) is 4.79 Å². The Kier molecular flexibility index (Phi) is 6.44. The third-order valence-corrected chi connectivity index (χ3v) is 10.5. The molecule has 30 heavy (non-hydrogen) atoms. The van der Waals surface area contributed by atoms with Gasteiger partial charge in [-0.1, -0.05) is 65.5 Å². The Morgan fingerprint density at radius 1 is 1.07 bits per heavy atom. The minimum atomic E-state index is 0.120. The van der Waals surface area contributed by atoms with Crippen LogP contribution in [0.3, 0.4) is 0 Å². The fourth-order valence-corrected chi connectivity index (χ4v) is 8.85. The van der Waals surface area contributed by atoms with E-state index in [-0.39, 0.29) is 6.10 Å². The minimum Gasteiger partial charge on any atom is -0.464 e. The number of hydrogen-bond acceptors (Lipinski definition) is 2. The van der Waals surface area contributed by atoms with E-state index < -0.39 is 0 Å². The van der Waals surface area contributed by atoms with E-state index in [2.05, 4.69) is 40.7 Å². The van der Waals surface area contributed by atoms with Crippen molar-refractivity contribution in [3.05, 3.63) is 11.6 Å². The van der Waals surface area contributed by atoms with E-state index in [1.165, 1.54) is 57.8 Å². The SMILES string of the molecule is CC(C)CCC[C@H](C)[C@@H]1CC[C@@H]2[C@@H]3CC=C4C[C@@H](OC=O)CC[C@]4(C)[C@@H]3CC[C@@]21C. The van der Waals surface area contributed by atoms with Crippen molar-refractivity contribution in [2.45, 2.75) is 111 Å². The van der Waals surface area contributed by atoms with Crippen molar-refractivity contribution in [2.75, 3.05) is 0 Å². The smallest absolute Gasteiger partial charge is 0.293 e. The molecule has 2 nitrogen and oxygen atoms in total. The summed E-state index contributed by atoms with van der Waals surface area (Å²) >= 11 is 0. The maximum Gasteiger partial charge on any atom is 0.293 e. The Morgan fingerprint density at radius 2 is 1.87 bits per heavy atom. The van der Waals surface area contributed by atoms with Crippen LogP contribution < -0.4 is 0 Å². The first-order valence-corrected chi connectivity index (χ1v) is 13.1. The van der Waals surface area contributed by atoms with Gasteiger partial charge in [0.2, 0.25) is 0 Å². The Hall–Kier alpha value is -0.790. The van der Waals surface area contributed by atoms with Gasteiger partial charge >= 0.3 is 0 Å². The van der Waals surface area contributed by atoms with Crippen molar-refractivity contribution >= 4 is 6.47 Å². The van der Waals surface area contributed by atoms with Crippen molar-refractivity contribution in [2.24, 2.45) is 46.3 Å². The van der Waals surface area contributed by atoms with Crippen LogP contribution in [0.15, 0.2) is 11.6 Å². The second kappa shape index (κ2) is 8.62. The summed E-state index contributed by atoms with van der Waals surface area (Å²) in [6.07, 6.45) is 17.2. The van der Waals surface area contributed by atoms with Crippen molar-refractivity contribution in [3.8, 4) is 0 Å². The highest BCUT2D eigenvalue weighted by Gasteiger charge is 2.59.